The van der Waals surface area contributed by atoms with E-state index in [9.17, 15) is 18.0 Å². The standard InChI is InChI=1S/C30H37N3O4S/c1-23-17-18-27(20-24(23)2)33(38(4,36)37)19-11-16-29(34)32(22-26-14-9-6-10-15-26)28(30(35)31-3)21-25-12-7-5-8-13-25/h5-10,12-15,17-18,20,28H,11,16,19,21-22H2,1-4H3,(H,31,35)/t28-/m1/s1. The summed E-state index contributed by atoms with van der Waals surface area (Å²) in [6, 6.07) is 24.0. The number of nitrogens with zero attached hydrogens (tertiary/aromatic N) is 2. The molecule has 0 radical (unpaired) electrons. The van der Waals surface area contributed by atoms with E-state index in [1.54, 1.807) is 18.0 Å². The molecule has 0 aliphatic heterocycles. The molecule has 1 N–H and O–H groups in total. The Balaban J connectivity index is 1.83. The molecule has 3 aromatic rings. The molecule has 0 aliphatic rings. The number of sulfonamides is 1. The van der Waals surface area contributed by atoms with Gasteiger partial charge >= 0.3 is 0 Å². The monoisotopic (exact) mass is 535 g/mol. The highest BCUT2D eigenvalue weighted by Gasteiger charge is 2.30. The van der Waals surface area contributed by atoms with Crippen LogP contribution in [-0.4, -0.2) is 51.0 Å². The van der Waals surface area contributed by atoms with Crippen LogP contribution in [0.4, 0.5) is 5.69 Å². The lowest BCUT2D eigenvalue weighted by molar-refractivity contribution is -0.141. The molecule has 7 nitrogen and oxygen atoms in total. The predicted octanol–water partition coefficient (Wildman–Crippen LogP) is 4.24. The van der Waals surface area contributed by atoms with Crippen molar-refractivity contribution in [3.63, 3.8) is 0 Å². The van der Waals surface area contributed by atoms with E-state index in [-0.39, 0.29) is 31.3 Å². The summed E-state index contributed by atoms with van der Waals surface area (Å²) in [5.41, 5.74) is 4.51. The van der Waals surface area contributed by atoms with E-state index in [0.717, 1.165) is 22.3 Å². The highest BCUT2D eigenvalue weighted by Crippen LogP contribution is 2.22. The fourth-order valence-electron chi connectivity index (χ4n) is 4.39. The average Bonchev–Trinajstić information content (AvgIpc) is 2.90. The zero-order valence-corrected chi connectivity index (χ0v) is 23.4. The first-order valence-electron chi connectivity index (χ1n) is 12.7. The van der Waals surface area contributed by atoms with Gasteiger partial charge in [0.15, 0.2) is 0 Å². The third-order valence-electron chi connectivity index (χ3n) is 6.64. The van der Waals surface area contributed by atoms with E-state index in [1.165, 1.54) is 10.6 Å². The molecular formula is C30H37N3O4S. The number of benzene rings is 3. The number of anilines is 1. The molecule has 0 spiro atoms. The van der Waals surface area contributed by atoms with Gasteiger partial charge in [0.1, 0.15) is 6.04 Å². The van der Waals surface area contributed by atoms with E-state index in [1.807, 2.05) is 86.6 Å². The summed E-state index contributed by atoms with van der Waals surface area (Å²) in [5, 5.41) is 2.71. The van der Waals surface area contributed by atoms with Gasteiger partial charge in [-0.3, -0.25) is 13.9 Å². The van der Waals surface area contributed by atoms with Crippen LogP contribution >= 0.6 is 0 Å². The van der Waals surface area contributed by atoms with Gasteiger partial charge in [0.25, 0.3) is 0 Å². The molecule has 202 valence electrons. The molecule has 0 bridgehead atoms. The first-order valence-corrected chi connectivity index (χ1v) is 14.6. The normalized spacial score (nSPS) is 12.0. The van der Waals surface area contributed by atoms with Crippen LogP contribution in [0, 0.1) is 13.8 Å². The van der Waals surface area contributed by atoms with Gasteiger partial charge in [-0.1, -0.05) is 66.7 Å². The summed E-state index contributed by atoms with van der Waals surface area (Å²) < 4.78 is 26.5. The molecule has 2 amide bonds. The molecule has 1 atom stereocenters. The van der Waals surface area contributed by atoms with Crippen molar-refractivity contribution in [3.05, 3.63) is 101 Å². The number of hydrogen-bond donors (Lipinski definition) is 1. The van der Waals surface area contributed by atoms with Gasteiger partial charge in [-0.2, -0.15) is 0 Å². The van der Waals surface area contributed by atoms with Gasteiger partial charge in [0.05, 0.1) is 11.9 Å². The van der Waals surface area contributed by atoms with Gasteiger partial charge in [0.2, 0.25) is 21.8 Å². The number of hydrogen-bond acceptors (Lipinski definition) is 4. The van der Waals surface area contributed by atoms with Crippen LogP contribution in [0.2, 0.25) is 0 Å². The smallest absolute Gasteiger partial charge is 0.242 e. The number of aryl methyl sites for hydroxylation is 2. The molecule has 0 aromatic heterocycles. The van der Waals surface area contributed by atoms with Crippen molar-refractivity contribution < 1.29 is 18.0 Å². The number of nitrogens with one attached hydrogen (secondary N) is 1. The molecule has 3 aromatic carbocycles. The topological polar surface area (TPSA) is 86.8 Å². The zero-order chi connectivity index (χ0) is 27.7. The van der Waals surface area contributed by atoms with Crippen LogP contribution in [0.1, 0.15) is 35.1 Å². The Labute approximate surface area is 226 Å². The maximum absolute atomic E-state index is 13.6. The zero-order valence-electron chi connectivity index (χ0n) is 22.6. The highest BCUT2D eigenvalue weighted by molar-refractivity contribution is 7.92. The number of likely N-dealkylation sites (N-methyl/N-ethyl adjacent to an activating group) is 1. The first-order chi connectivity index (χ1) is 18.1. The van der Waals surface area contributed by atoms with Crippen molar-refractivity contribution in [1.82, 2.24) is 10.2 Å². The minimum Gasteiger partial charge on any atom is -0.357 e. The lowest BCUT2D eigenvalue weighted by Crippen LogP contribution is -2.49. The molecule has 0 saturated heterocycles. The summed E-state index contributed by atoms with van der Waals surface area (Å²) >= 11 is 0. The van der Waals surface area contributed by atoms with E-state index < -0.39 is 16.1 Å². The molecule has 0 heterocycles. The maximum Gasteiger partial charge on any atom is 0.242 e. The summed E-state index contributed by atoms with van der Waals surface area (Å²) in [4.78, 5) is 28.3. The molecule has 0 aliphatic carbocycles. The Hall–Kier alpha value is -3.65. The Morgan fingerprint density at radius 3 is 2.03 bits per heavy atom. The van der Waals surface area contributed by atoms with E-state index in [0.29, 0.717) is 18.5 Å². The van der Waals surface area contributed by atoms with Gasteiger partial charge in [-0.15, -0.1) is 0 Å². The number of amides is 2. The van der Waals surface area contributed by atoms with Crippen LogP contribution in [0.15, 0.2) is 78.9 Å². The average molecular weight is 536 g/mol. The van der Waals surface area contributed by atoms with E-state index in [4.69, 9.17) is 0 Å². The third kappa shape index (κ3) is 7.92. The highest BCUT2D eigenvalue weighted by atomic mass is 32.2. The van der Waals surface area contributed by atoms with Gasteiger partial charge in [-0.05, 0) is 54.7 Å². The Morgan fingerprint density at radius 2 is 1.47 bits per heavy atom. The van der Waals surface area contributed by atoms with Gasteiger partial charge < -0.3 is 10.2 Å². The van der Waals surface area contributed by atoms with E-state index in [2.05, 4.69) is 5.32 Å². The Bertz CT molecular complexity index is 1330. The van der Waals surface area contributed by atoms with E-state index >= 15 is 0 Å². The van der Waals surface area contributed by atoms with Gasteiger partial charge in [-0.25, -0.2) is 8.42 Å². The SMILES string of the molecule is CNC(=O)[C@@H](Cc1ccccc1)N(Cc1ccccc1)C(=O)CCCN(c1ccc(C)c(C)c1)S(C)(=O)=O. The van der Waals surface area contributed by atoms with Crippen molar-refractivity contribution in [2.24, 2.45) is 0 Å². The fraction of sp³-hybridized carbons (Fsp3) is 0.333. The number of carbonyl (C=O) groups is 2. The maximum atomic E-state index is 13.6. The minimum absolute atomic E-state index is 0.103. The third-order valence-corrected chi connectivity index (χ3v) is 7.84. The lowest BCUT2D eigenvalue weighted by Gasteiger charge is -2.31. The minimum atomic E-state index is -3.54. The summed E-state index contributed by atoms with van der Waals surface area (Å²) in [5.74, 6) is -0.446. The van der Waals surface area contributed by atoms with Crippen LogP contribution in [-0.2, 0) is 32.6 Å². The van der Waals surface area contributed by atoms with Crippen molar-refractivity contribution in [2.75, 3.05) is 24.2 Å². The Kier molecular flexibility index (Phi) is 10.1. The number of carbonyl (C=O) groups excluding carboxylic acids is 2. The second-order valence-electron chi connectivity index (χ2n) is 9.53. The van der Waals surface area contributed by atoms with Crippen LogP contribution in [0.25, 0.3) is 0 Å². The second-order valence-corrected chi connectivity index (χ2v) is 11.4. The second kappa shape index (κ2) is 13.2. The fourth-order valence-corrected chi connectivity index (χ4v) is 5.34. The summed E-state index contributed by atoms with van der Waals surface area (Å²) in [6.07, 6.45) is 1.96. The molecular weight excluding hydrogens is 498 g/mol. The first kappa shape index (κ1) is 28.9. The molecule has 0 unspecified atom stereocenters. The molecule has 0 fully saturated rings. The largest absolute Gasteiger partial charge is 0.357 e. The van der Waals surface area contributed by atoms with Crippen molar-refractivity contribution in [2.45, 2.75) is 45.7 Å². The van der Waals surface area contributed by atoms with Crippen molar-refractivity contribution in [1.29, 1.82) is 0 Å². The quantitative estimate of drug-likeness (QED) is 0.376. The molecule has 0 saturated carbocycles. The molecule has 8 heteroatoms. The van der Waals surface area contributed by atoms with Crippen molar-refractivity contribution in [3.8, 4) is 0 Å². The predicted molar refractivity (Wildman–Crippen MR) is 152 cm³/mol. The summed E-state index contributed by atoms with van der Waals surface area (Å²) in [7, 11) is -1.98. The summed E-state index contributed by atoms with van der Waals surface area (Å²) in [6.45, 7) is 4.35. The van der Waals surface area contributed by atoms with Crippen LogP contribution in [0.3, 0.4) is 0 Å². The molecule has 3 rings (SSSR count). The van der Waals surface area contributed by atoms with Crippen molar-refractivity contribution >= 4 is 27.5 Å². The van der Waals surface area contributed by atoms with Crippen LogP contribution in [0.5, 0.6) is 0 Å². The molecule has 38 heavy (non-hydrogen) atoms. The van der Waals surface area contributed by atoms with Crippen LogP contribution < -0.4 is 9.62 Å². The van der Waals surface area contributed by atoms with Gasteiger partial charge in [0, 0.05) is 33.0 Å². The number of rotatable bonds is 12. The Morgan fingerprint density at radius 1 is 0.868 bits per heavy atom. The lowest BCUT2D eigenvalue weighted by atomic mass is 10.0.